The number of esters is 1. The summed E-state index contributed by atoms with van der Waals surface area (Å²) < 4.78 is 22.4. The maximum Gasteiger partial charge on any atom is 0.338 e. The molecule has 21 nitrogen and oxygen atoms in total. The van der Waals surface area contributed by atoms with Gasteiger partial charge < -0.3 is 54.8 Å². The number of rotatable bonds is 14. The van der Waals surface area contributed by atoms with E-state index in [1.165, 1.54) is 56.5 Å². The molecule has 0 bridgehead atoms. The molecule has 1 heterocycles. The molecule has 0 amide bonds. The summed E-state index contributed by atoms with van der Waals surface area (Å²) in [6.07, 6.45) is -7.65. The number of aliphatic hydroxyl groups excluding tert-OH is 1. The highest BCUT2D eigenvalue weighted by Gasteiger charge is 2.50. The van der Waals surface area contributed by atoms with Crippen LogP contribution in [0.2, 0.25) is 0 Å². The summed E-state index contributed by atoms with van der Waals surface area (Å²) >= 11 is 0. The van der Waals surface area contributed by atoms with E-state index in [1.807, 2.05) is 0 Å². The first-order valence-electron chi connectivity index (χ1n) is 17.7. The molecular weight excluding hydrogens is 774 g/mol. The van der Waals surface area contributed by atoms with Crippen molar-refractivity contribution in [2.24, 2.45) is 5.73 Å². The molecule has 1 aliphatic heterocycles. The Bertz CT molecular complexity index is 2160. The average Bonchev–Trinajstić information content (AvgIpc) is 3.17. The van der Waals surface area contributed by atoms with E-state index in [2.05, 4.69) is 9.68 Å². The number of fused-ring (bicyclic) bond motifs is 3. The Hall–Kier alpha value is -6.26. The van der Waals surface area contributed by atoms with Crippen molar-refractivity contribution in [3.8, 4) is 17.2 Å². The lowest BCUT2D eigenvalue weighted by atomic mass is 9.72. The van der Waals surface area contributed by atoms with Crippen LogP contribution in [0.1, 0.15) is 84.8 Å². The van der Waals surface area contributed by atoms with E-state index < -0.39 is 125 Å². The quantitative estimate of drug-likeness (QED) is 0.0517. The molecule has 6 rings (SSSR count). The Kier molecular flexibility index (Phi) is 11.6. The molecule has 2 aliphatic carbocycles. The summed E-state index contributed by atoms with van der Waals surface area (Å²) in [5.41, 5.74) is 1.90. The van der Waals surface area contributed by atoms with Gasteiger partial charge in [-0.3, -0.25) is 14.4 Å². The van der Waals surface area contributed by atoms with Gasteiger partial charge in [0.05, 0.1) is 47.7 Å². The molecule has 21 heteroatoms. The molecule has 1 fully saturated rings. The molecule has 3 aromatic carbocycles. The van der Waals surface area contributed by atoms with Crippen LogP contribution in [0.4, 0.5) is 0 Å². The van der Waals surface area contributed by atoms with Gasteiger partial charge in [-0.2, -0.15) is 0 Å². The van der Waals surface area contributed by atoms with Gasteiger partial charge in [0.2, 0.25) is 11.6 Å². The predicted molar refractivity (Wildman–Crippen MR) is 190 cm³/mol. The fourth-order valence-electron chi connectivity index (χ4n) is 7.38. The summed E-state index contributed by atoms with van der Waals surface area (Å²) in [6.45, 7) is -0.242. The fraction of sp³-hybridized carbons (Fsp3) is 0.405. The Morgan fingerprint density at radius 1 is 1.02 bits per heavy atom. The second-order valence-corrected chi connectivity index (χ2v) is 13.9. The minimum absolute atomic E-state index is 0.0322. The van der Waals surface area contributed by atoms with E-state index in [4.69, 9.17) is 24.7 Å². The standard InChI is InChI=1S/C37H37N3O18/c1-16-31(42)22(38)11-26(56-16)57-24-13-37(48,25(41)15-54-36(47)18-8-6-17(7-9-18)10-19(58-40(51)52)14-55-39(49)50)12-21-28(24)35(46)30-29(33(21)44)32(43)20-4-3-5-23(53-2)27(20)34(30)45/h3-9,16,19,22,24,26,31,42,44,46,48H,10-15,38H2,1-2H3/t16-,19?,22-,24-,26-,31+,37-/m0/s1. The topological polar surface area (TPSA) is 317 Å². The molecule has 3 aromatic rings. The third-order valence-electron chi connectivity index (χ3n) is 10.3. The first kappa shape index (κ1) is 41.4. The lowest BCUT2D eigenvalue weighted by Gasteiger charge is -2.42. The molecule has 58 heavy (non-hydrogen) atoms. The Morgan fingerprint density at radius 3 is 2.34 bits per heavy atom. The largest absolute Gasteiger partial charge is 0.507 e. The van der Waals surface area contributed by atoms with Gasteiger partial charge in [-0.15, -0.1) is 20.2 Å². The summed E-state index contributed by atoms with van der Waals surface area (Å²) in [5, 5.41) is 64.8. The van der Waals surface area contributed by atoms with Gasteiger partial charge in [0.25, 0.3) is 10.2 Å². The third-order valence-corrected chi connectivity index (χ3v) is 10.3. The van der Waals surface area contributed by atoms with Crippen LogP contribution in [0.15, 0.2) is 42.5 Å². The highest BCUT2D eigenvalue weighted by Crippen LogP contribution is 2.52. The molecule has 0 saturated carbocycles. The molecule has 7 atom stereocenters. The van der Waals surface area contributed by atoms with Crippen molar-refractivity contribution in [3.63, 3.8) is 0 Å². The van der Waals surface area contributed by atoms with E-state index in [9.17, 15) is 59.8 Å². The second kappa shape index (κ2) is 16.3. The van der Waals surface area contributed by atoms with E-state index in [1.54, 1.807) is 0 Å². The van der Waals surface area contributed by atoms with Crippen molar-refractivity contribution < 1.29 is 78.4 Å². The molecule has 0 spiro atoms. The van der Waals surface area contributed by atoms with Gasteiger partial charge in [0, 0.05) is 48.4 Å². The van der Waals surface area contributed by atoms with E-state index in [-0.39, 0.29) is 46.4 Å². The molecule has 6 N–H and O–H groups in total. The number of phenolic OH excluding ortho intramolecular Hbond substituents is 2. The number of aliphatic hydroxyl groups is 2. The molecule has 1 saturated heterocycles. The predicted octanol–water partition coefficient (Wildman–Crippen LogP) is 1.19. The minimum Gasteiger partial charge on any atom is -0.507 e. The van der Waals surface area contributed by atoms with Crippen LogP contribution in [0.3, 0.4) is 0 Å². The number of nitrogens with two attached hydrogens (primary N) is 1. The number of benzene rings is 3. The lowest BCUT2D eigenvalue weighted by Crippen LogP contribution is -2.53. The van der Waals surface area contributed by atoms with Crippen LogP contribution in [0, 0.1) is 20.2 Å². The maximum absolute atomic E-state index is 13.9. The van der Waals surface area contributed by atoms with Gasteiger partial charge in [-0.1, -0.05) is 24.3 Å². The lowest BCUT2D eigenvalue weighted by molar-refractivity contribution is -0.789. The van der Waals surface area contributed by atoms with Crippen molar-refractivity contribution in [1.82, 2.24) is 0 Å². The maximum atomic E-state index is 13.9. The number of aromatic hydroxyl groups is 2. The van der Waals surface area contributed by atoms with Gasteiger partial charge in [0.15, 0.2) is 18.7 Å². The highest BCUT2D eigenvalue weighted by molar-refractivity contribution is 6.31. The number of Topliss-reactive ketones (excluding diaryl/α,β-unsaturated/α-hetero) is 1. The normalized spacial score (nSPS) is 24.1. The fourth-order valence-corrected chi connectivity index (χ4v) is 7.38. The van der Waals surface area contributed by atoms with Crippen LogP contribution in [-0.2, 0) is 41.5 Å². The van der Waals surface area contributed by atoms with Crippen LogP contribution in [-0.4, -0.2) is 110 Å². The number of ketones is 3. The summed E-state index contributed by atoms with van der Waals surface area (Å²) in [4.78, 5) is 84.5. The van der Waals surface area contributed by atoms with Crippen molar-refractivity contribution in [2.75, 3.05) is 20.3 Å². The number of carbonyl (C=O) groups is 4. The molecule has 308 valence electrons. The monoisotopic (exact) mass is 811 g/mol. The van der Waals surface area contributed by atoms with Crippen LogP contribution < -0.4 is 10.5 Å². The first-order chi connectivity index (χ1) is 27.4. The number of hydrogen-bond donors (Lipinski definition) is 5. The summed E-state index contributed by atoms with van der Waals surface area (Å²) in [7, 11) is 1.28. The van der Waals surface area contributed by atoms with Crippen LogP contribution >= 0.6 is 0 Å². The van der Waals surface area contributed by atoms with Gasteiger partial charge in [0.1, 0.15) is 35.6 Å². The van der Waals surface area contributed by atoms with Gasteiger partial charge >= 0.3 is 5.97 Å². The van der Waals surface area contributed by atoms with Crippen LogP contribution in [0.5, 0.6) is 17.2 Å². The minimum atomic E-state index is -2.48. The summed E-state index contributed by atoms with van der Waals surface area (Å²) in [5.74, 6) is -5.37. The molecule has 0 aromatic heterocycles. The second-order valence-electron chi connectivity index (χ2n) is 13.9. The summed E-state index contributed by atoms with van der Waals surface area (Å²) in [6, 6.07) is 8.59. The zero-order valence-electron chi connectivity index (χ0n) is 30.7. The van der Waals surface area contributed by atoms with Gasteiger partial charge in [-0.05, 0) is 30.7 Å². The number of methoxy groups -OCH3 is 1. The number of phenols is 2. The zero-order valence-corrected chi connectivity index (χ0v) is 30.7. The van der Waals surface area contributed by atoms with E-state index in [0.717, 1.165) is 0 Å². The number of carbonyl (C=O) groups excluding carboxylic acids is 4. The Morgan fingerprint density at radius 2 is 1.71 bits per heavy atom. The first-order valence-corrected chi connectivity index (χ1v) is 17.7. The molecular formula is C37H37N3O18. The molecule has 1 unspecified atom stereocenters. The van der Waals surface area contributed by atoms with Crippen molar-refractivity contribution in [3.05, 3.63) is 107 Å². The zero-order chi connectivity index (χ0) is 42.2. The number of ether oxygens (including phenoxy) is 4. The van der Waals surface area contributed by atoms with Crippen LogP contribution in [0.25, 0.3) is 0 Å². The van der Waals surface area contributed by atoms with E-state index in [0.29, 0.717) is 5.56 Å². The SMILES string of the molecule is COc1cccc2c1C(=O)c1c(O)c3c(c(O)c1C2=O)C[C@@](O)(C(=O)COC(=O)c1ccc(CC(CO[N+](=O)[O-])O[N+](=O)[O-])cc1)C[C@@H]3O[C@H]1C[C@H](N)[C@H](O)[C@H](C)O1. The third kappa shape index (κ3) is 7.97. The van der Waals surface area contributed by atoms with E-state index >= 15 is 0 Å². The highest BCUT2D eigenvalue weighted by atomic mass is 17.0. The van der Waals surface area contributed by atoms with Gasteiger partial charge in [-0.25, -0.2) is 4.79 Å². The number of nitrogens with zero attached hydrogens (tertiary/aromatic N) is 2. The smallest absolute Gasteiger partial charge is 0.338 e. The van der Waals surface area contributed by atoms with Crippen molar-refractivity contribution in [1.29, 1.82) is 0 Å². The van der Waals surface area contributed by atoms with Crippen molar-refractivity contribution >= 4 is 23.3 Å². The van der Waals surface area contributed by atoms with Crippen molar-refractivity contribution in [2.45, 2.75) is 75.0 Å². The molecule has 3 aliphatic rings. The Balaban J connectivity index is 1.27. The molecule has 0 radical (unpaired) electrons. The number of hydrogen-bond acceptors (Lipinski definition) is 19. The Labute approximate surface area is 327 Å². The average molecular weight is 812 g/mol.